The molecule has 0 atom stereocenters. The highest BCUT2D eigenvalue weighted by Crippen LogP contribution is 2.25. The number of hydrogen-bond acceptors (Lipinski definition) is 2. The molecule has 0 aromatic heterocycles. The number of methoxy groups -OCH3 is 1. The smallest absolute Gasteiger partial charge is 0.314 e. The number of urea groups is 1. The Kier molecular flexibility index (Phi) is 4.24. The van der Waals surface area contributed by atoms with Gasteiger partial charge < -0.3 is 15.4 Å². The van der Waals surface area contributed by atoms with Crippen LogP contribution in [0.5, 0.6) is 5.75 Å². The van der Waals surface area contributed by atoms with Gasteiger partial charge in [0.25, 0.3) is 0 Å². The zero-order valence-electron chi connectivity index (χ0n) is 8.63. The van der Waals surface area contributed by atoms with E-state index in [1.165, 1.54) is 0 Å². The van der Waals surface area contributed by atoms with Gasteiger partial charge in [-0.05, 0) is 12.1 Å². The number of carbonyl (C=O) groups is 1. The van der Waals surface area contributed by atoms with Crippen molar-refractivity contribution in [1.29, 1.82) is 0 Å². The van der Waals surface area contributed by atoms with Crippen LogP contribution in [0, 0.1) is 0 Å². The van der Waals surface area contributed by atoms with E-state index < -0.39 is 0 Å². The van der Waals surface area contributed by atoms with Gasteiger partial charge in [-0.1, -0.05) is 17.7 Å². The molecule has 0 spiro atoms. The van der Waals surface area contributed by atoms with Gasteiger partial charge in [0.1, 0.15) is 5.75 Å². The van der Waals surface area contributed by atoms with Gasteiger partial charge in [-0.25, -0.2) is 4.79 Å². The van der Waals surface area contributed by atoms with Crippen molar-refractivity contribution in [2.45, 2.75) is 6.54 Å². The molecule has 0 bridgehead atoms. The number of halogens is 1. The summed E-state index contributed by atoms with van der Waals surface area (Å²) in [5, 5.41) is 5.68. The Morgan fingerprint density at radius 3 is 2.87 bits per heavy atom. The lowest BCUT2D eigenvalue weighted by Gasteiger charge is -2.10. The number of rotatable bonds is 3. The molecular weight excluding hydrogens is 216 g/mol. The zero-order chi connectivity index (χ0) is 11.3. The minimum Gasteiger partial charge on any atom is -0.496 e. The summed E-state index contributed by atoms with van der Waals surface area (Å²) in [4.78, 5) is 11.0. The molecule has 1 aromatic rings. The molecule has 0 aliphatic heterocycles. The highest BCUT2D eigenvalue weighted by Gasteiger charge is 2.08. The summed E-state index contributed by atoms with van der Waals surface area (Å²) in [5.74, 6) is 0.666. The van der Waals surface area contributed by atoms with E-state index in [-0.39, 0.29) is 6.03 Å². The van der Waals surface area contributed by atoms with Gasteiger partial charge in [0.05, 0.1) is 7.11 Å². The summed E-state index contributed by atoms with van der Waals surface area (Å²) < 4.78 is 5.14. The first-order valence-corrected chi connectivity index (χ1v) is 4.83. The van der Waals surface area contributed by atoms with E-state index in [1.807, 2.05) is 0 Å². The van der Waals surface area contributed by atoms with Crippen LogP contribution in [0.2, 0.25) is 5.02 Å². The van der Waals surface area contributed by atoms with Crippen molar-refractivity contribution in [3.8, 4) is 5.75 Å². The molecule has 0 saturated heterocycles. The van der Waals surface area contributed by atoms with Crippen LogP contribution in [0.15, 0.2) is 18.2 Å². The fourth-order valence-electron chi connectivity index (χ4n) is 1.16. The number of hydrogen-bond donors (Lipinski definition) is 2. The Morgan fingerprint density at radius 2 is 2.27 bits per heavy atom. The van der Waals surface area contributed by atoms with Crippen LogP contribution in [0.25, 0.3) is 0 Å². The molecule has 0 aliphatic rings. The van der Waals surface area contributed by atoms with Crippen LogP contribution in [-0.2, 0) is 6.54 Å². The molecule has 0 saturated carbocycles. The second kappa shape index (κ2) is 5.46. The normalized spacial score (nSPS) is 9.53. The zero-order valence-corrected chi connectivity index (χ0v) is 9.39. The Morgan fingerprint density at radius 1 is 1.53 bits per heavy atom. The first kappa shape index (κ1) is 11.7. The lowest BCUT2D eigenvalue weighted by Crippen LogP contribution is -2.32. The lowest BCUT2D eigenvalue weighted by atomic mass is 10.2. The molecule has 1 aromatic carbocycles. The Labute approximate surface area is 93.6 Å². The Balaban J connectivity index is 2.78. The van der Waals surface area contributed by atoms with Crippen molar-refractivity contribution in [3.63, 3.8) is 0 Å². The standard InChI is InChI=1S/C10H13ClN2O2/c1-12-10(14)13-6-7-8(11)4-3-5-9(7)15-2/h3-5H,6H2,1-2H3,(H2,12,13,14). The van der Waals surface area contributed by atoms with Crippen LogP contribution in [0.1, 0.15) is 5.56 Å². The average Bonchev–Trinajstić information content (AvgIpc) is 2.26. The maximum atomic E-state index is 11.0. The van der Waals surface area contributed by atoms with Crippen molar-refractivity contribution in [3.05, 3.63) is 28.8 Å². The topological polar surface area (TPSA) is 50.4 Å². The van der Waals surface area contributed by atoms with E-state index in [4.69, 9.17) is 16.3 Å². The average molecular weight is 229 g/mol. The van der Waals surface area contributed by atoms with Crippen molar-refractivity contribution in [1.82, 2.24) is 10.6 Å². The summed E-state index contributed by atoms with van der Waals surface area (Å²) in [6.07, 6.45) is 0. The first-order chi connectivity index (χ1) is 7.19. The van der Waals surface area contributed by atoms with Gasteiger partial charge in [0.15, 0.2) is 0 Å². The van der Waals surface area contributed by atoms with E-state index in [9.17, 15) is 4.79 Å². The number of benzene rings is 1. The minimum absolute atomic E-state index is 0.253. The molecule has 5 heteroatoms. The fraction of sp³-hybridized carbons (Fsp3) is 0.300. The van der Waals surface area contributed by atoms with E-state index in [1.54, 1.807) is 32.4 Å². The molecule has 15 heavy (non-hydrogen) atoms. The molecule has 1 rings (SSSR count). The number of carbonyl (C=O) groups excluding carboxylic acids is 1. The quantitative estimate of drug-likeness (QED) is 0.829. The van der Waals surface area contributed by atoms with E-state index in [2.05, 4.69) is 10.6 Å². The van der Waals surface area contributed by atoms with Gasteiger partial charge >= 0.3 is 6.03 Å². The SMILES string of the molecule is CNC(=O)NCc1c(Cl)cccc1OC. The molecule has 4 nitrogen and oxygen atoms in total. The van der Waals surface area contributed by atoms with Crippen molar-refractivity contribution in [2.75, 3.05) is 14.2 Å². The summed E-state index contributed by atoms with van der Waals surface area (Å²) in [7, 11) is 3.12. The number of nitrogens with one attached hydrogen (secondary N) is 2. The van der Waals surface area contributed by atoms with Crippen LogP contribution >= 0.6 is 11.6 Å². The predicted octanol–water partition coefficient (Wildman–Crippen LogP) is 1.78. The third-order valence-corrected chi connectivity index (χ3v) is 2.30. The fourth-order valence-corrected chi connectivity index (χ4v) is 1.39. The molecular formula is C10H13ClN2O2. The third-order valence-electron chi connectivity index (χ3n) is 1.95. The second-order valence-corrected chi connectivity index (χ2v) is 3.26. The molecule has 0 heterocycles. The van der Waals surface area contributed by atoms with Gasteiger partial charge in [-0.3, -0.25) is 0 Å². The third kappa shape index (κ3) is 3.02. The van der Waals surface area contributed by atoms with Gasteiger partial charge in [-0.15, -0.1) is 0 Å². The maximum absolute atomic E-state index is 11.0. The molecule has 2 amide bonds. The summed E-state index contributed by atoms with van der Waals surface area (Å²) in [5.41, 5.74) is 0.769. The predicted molar refractivity (Wildman–Crippen MR) is 59.3 cm³/mol. The minimum atomic E-state index is -0.253. The van der Waals surface area contributed by atoms with Crippen LogP contribution in [-0.4, -0.2) is 20.2 Å². The molecule has 0 unspecified atom stereocenters. The summed E-state index contributed by atoms with van der Waals surface area (Å²) in [6, 6.07) is 5.10. The Bertz CT molecular complexity index is 355. The van der Waals surface area contributed by atoms with Crippen molar-refractivity contribution >= 4 is 17.6 Å². The number of ether oxygens (including phenoxy) is 1. The molecule has 82 valence electrons. The van der Waals surface area contributed by atoms with Crippen LogP contribution < -0.4 is 15.4 Å². The van der Waals surface area contributed by atoms with Crippen molar-refractivity contribution in [2.24, 2.45) is 0 Å². The monoisotopic (exact) mass is 228 g/mol. The lowest BCUT2D eigenvalue weighted by molar-refractivity contribution is 0.242. The van der Waals surface area contributed by atoms with Gasteiger partial charge in [0.2, 0.25) is 0 Å². The number of amides is 2. The first-order valence-electron chi connectivity index (χ1n) is 4.46. The summed E-state index contributed by atoms with van der Waals surface area (Å²) in [6.45, 7) is 0.336. The van der Waals surface area contributed by atoms with Gasteiger partial charge in [-0.2, -0.15) is 0 Å². The van der Waals surface area contributed by atoms with Crippen LogP contribution in [0.3, 0.4) is 0 Å². The van der Waals surface area contributed by atoms with Crippen molar-refractivity contribution < 1.29 is 9.53 Å². The second-order valence-electron chi connectivity index (χ2n) is 2.85. The highest BCUT2D eigenvalue weighted by molar-refractivity contribution is 6.31. The van der Waals surface area contributed by atoms with Crippen LogP contribution in [0.4, 0.5) is 4.79 Å². The van der Waals surface area contributed by atoms with E-state index in [0.29, 0.717) is 17.3 Å². The van der Waals surface area contributed by atoms with E-state index >= 15 is 0 Å². The van der Waals surface area contributed by atoms with Gasteiger partial charge in [0, 0.05) is 24.2 Å². The maximum Gasteiger partial charge on any atom is 0.314 e. The largest absolute Gasteiger partial charge is 0.496 e. The molecule has 0 radical (unpaired) electrons. The highest BCUT2D eigenvalue weighted by atomic mass is 35.5. The Hall–Kier alpha value is -1.42. The van der Waals surface area contributed by atoms with E-state index in [0.717, 1.165) is 5.56 Å². The molecule has 0 fully saturated rings. The molecule has 0 aliphatic carbocycles. The summed E-state index contributed by atoms with van der Waals surface area (Å²) >= 11 is 5.98. The molecule has 2 N–H and O–H groups in total.